The lowest BCUT2D eigenvalue weighted by Gasteiger charge is -2.50. The molecule has 3 fully saturated rings. The van der Waals surface area contributed by atoms with Crippen molar-refractivity contribution in [3.05, 3.63) is 11.3 Å². The van der Waals surface area contributed by atoms with Gasteiger partial charge in [-0.25, -0.2) is 0 Å². The van der Waals surface area contributed by atoms with Gasteiger partial charge in [-0.2, -0.15) is 0 Å². The molecule has 0 saturated heterocycles. The normalized spacial score (nSPS) is 49.5. The Hall–Kier alpha value is -0.500. The minimum atomic E-state index is -0.541. The summed E-state index contributed by atoms with van der Waals surface area (Å²) in [6, 6.07) is 0. The summed E-state index contributed by atoms with van der Waals surface area (Å²) in [7, 11) is 0. The molecule has 0 aromatic rings. The van der Waals surface area contributed by atoms with E-state index in [1.54, 1.807) is 0 Å². The van der Waals surface area contributed by atoms with Gasteiger partial charge in [0.15, 0.2) is 0 Å². The van der Waals surface area contributed by atoms with E-state index < -0.39 is 6.10 Å². The summed E-state index contributed by atoms with van der Waals surface area (Å²) in [5, 5.41) is 21.1. The van der Waals surface area contributed by atoms with Crippen molar-refractivity contribution in [2.45, 2.75) is 63.9 Å². The Kier molecular flexibility index (Phi) is 2.91. The molecule has 2 nitrogen and oxygen atoms in total. The van der Waals surface area contributed by atoms with Crippen LogP contribution in [0.5, 0.6) is 0 Å². The summed E-state index contributed by atoms with van der Waals surface area (Å²) in [4.78, 5) is 0. The SMILES string of the molecule is OC1=C2CCCCC2C2CCC3CCCC3C2C1O. The van der Waals surface area contributed by atoms with Gasteiger partial charge < -0.3 is 10.2 Å². The van der Waals surface area contributed by atoms with Gasteiger partial charge in [0.1, 0.15) is 11.9 Å². The van der Waals surface area contributed by atoms with Crippen molar-refractivity contribution in [1.29, 1.82) is 0 Å². The monoisotopic (exact) mass is 262 g/mol. The van der Waals surface area contributed by atoms with Crippen molar-refractivity contribution in [2.75, 3.05) is 0 Å². The Morgan fingerprint density at radius 3 is 2.63 bits per heavy atom. The van der Waals surface area contributed by atoms with E-state index in [0.29, 0.717) is 29.4 Å². The molecule has 106 valence electrons. The van der Waals surface area contributed by atoms with Crippen molar-refractivity contribution in [3.63, 3.8) is 0 Å². The first-order valence-corrected chi connectivity index (χ1v) is 8.37. The van der Waals surface area contributed by atoms with Crippen LogP contribution in [-0.2, 0) is 0 Å². The molecule has 3 saturated carbocycles. The van der Waals surface area contributed by atoms with E-state index in [9.17, 15) is 10.2 Å². The first-order valence-electron chi connectivity index (χ1n) is 8.37. The molecule has 0 aromatic carbocycles. The molecule has 19 heavy (non-hydrogen) atoms. The van der Waals surface area contributed by atoms with Gasteiger partial charge in [0, 0.05) is 0 Å². The molecule has 0 heterocycles. The molecule has 0 aliphatic heterocycles. The third-order valence-electron chi connectivity index (χ3n) is 6.73. The number of hydrogen-bond donors (Lipinski definition) is 2. The Balaban J connectivity index is 1.72. The highest BCUT2D eigenvalue weighted by Gasteiger charge is 2.52. The minimum absolute atomic E-state index is 0.369. The fraction of sp³-hybridized carbons (Fsp3) is 0.882. The van der Waals surface area contributed by atoms with E-state index in [1.165, 1.54) is 56.9 Å². The van der Waals surface area contributed by atoms with Crippen molar-refractivity contribution >= 4 is 0 Å². The van der Waals surface area contributed by atoms with Crippen LogP contribution in [0, 0.1) is 29.6 Å². The summed E-state index contributed by atoms with van der Waals surface area (Å²) >= 11 is 0. The van der Waals surface area contributed by atoms with E-state index >= 15 is 0 Å². The molecule has 0 radical (unpaired) electrons. The van der Waals surface area contributed by atoms with Crippen LogP contribution in [0.2, 0.25) is 0 Å². The number of aliphatic hydroxyl groups excluding tert-OH is 2. The molecule has 4 aliphatic carbocycles. The first-order chi connectivity index (χ1) is 9.27. The summed E-state index contributed by atoms with van der Waals surface area (Å²) in [5.41, 5.74) is 1.23. The zero-order chi connectivity index (χ0) is 13.0. The third kappa shape index (κ3) is 1.72. The van der Waals surface area contributed by atoms with Gasteiger partial charge >= 0.3 is 0 Å². The quantitative estimate of drug-likeness (QED) is 0.697. The van der Waals surface area contributed by atoms with Crippen LogP contribution in [0.4, 0.5) is 0 Å². The minimum Gasteiger partial charge on any atom is -0.510 e. The van der Waals surface area contributed by atoms with Crippen LogP contribution in [0.3, 0.4) is 0 Å². The molecule has 4 rings (SSSR count). The second-order valence-corrected chi connectivity index (χ2v) is 7.38. The average molecular weight is 262 g/mol. The highest BCUT2D eigenvalue weighted by atomic mass is 16.3. The first kappa shape index (κ1) is 12.3. The number of aliphatic hydroxyl groups is 2. The molecule has 2 heteroatoms. The number of hydrogen-bond acceptors (Lipinski definition) is 2. The molecule has 4 aliphatic rings. The predicted molar refractivity (Wildman–Crippen MR) is 74.7 cm³/mol. The van der Waals surface area contributed by atoms with Crippen LogP contribution in [0.15, 0.2) is 11.3 Å². The summed E-state index contributed by atoms with van der Waals surface area (Å²) in [5.74, 6) is 3.56. The largest absolute Gasteiger partial charge is 0.510 e. The molecule has 0 spiro atoms. The van der Waals surface area contributed by atoms with Gasteiger partial charge in [-0.3, -0.25) is 0 Å². The van der Waals surface area contributed by atoms with Gasteiger partial charge in [-0.05, 0) is 73.7 Å². The van der Waals surface area contributed by atoms with Crippen LogP contribution in [0.25, 0.3) is 0 Å². The molecular weight excluding hydrogens is 236 g/mol. The van der Waals surface area contributed by atoms with E-state index in [-0.39, 0.29) is 0 Å². The summed E-state index contributed by atoms with van der Waals surface area (Å²) in [6.07, 6.45) is 10.9. The van der Waals surface area contributed by atoms with E-state index in [0.717, 1.165) is 12.3 Å². The van der Waals surface area contributed by atoms with Gasteiger partial charge in [-0.1, -0.05) is 19.3 Å². The van der Waals surface area contributed by atoms with Gasteiger partial charge in [0.05, 0.1) is 0 Å². The maximum atomic E-state index is 10.7. The molecule has 6 atom stereocenters. The van der Waals surface area contributed by atoms with E-state index in [1.807, 2.05) is 0 Å². The predicted octanol–water partition coefficient (Wildman–Crippen LogP) is 3.81. The Bertz CT molecular complexity index is 400. The molecule has 0 aromatic heterocycles. The lowest BCUT2D eigenvalue weighted by molar-refractivity contribution is -0.0439. The van der Waals surface area contributed by atoms with Crippen LogP contribution in [0.1, 0.15) is 57.8 Å². The third-order valence-corrected chi connectivity index (χ3v) is 6.73. The smallest absolute Gasteiger partial charge is 0.121 e. The zero-order valence-electron chi connectivity index (χ0n) is 11.7. The Morgan fingerprint density at radius 2 is 1.74 bits per heavy atom. The fourth-order valence-corrected chi connectivity index (χ4v) is 5.99. The van der Waals surface area contributed by atoms with Crippen LogP contribution >= 0.6 is 0 Å². The van der Waals surface area contributed by atoms with Crippen molar-refractivity contribution in [1.82, 2.24) is 0 Å². The van der Waals surface area contributed by atoms with Crippen molar-refractivity contribution in [2.24, 2.45) is 29.6 Å². The lowest BCUT2D eigenvalue weighted by atomic mass is 9.56. The highest BCUT2D eigenvalue weighted by Crippen LogP contribution is 2.57. The summed E-state index contributed by atoms with van der Waals surface area (Å²) < 4.78 is 0. The highest BCUT2D eigenvalue weighted by molar-refractivity contribution is 5.24. The van der Waals surface area contributed by atoms with E-state index in [4.69, 9.17) is 0 Å². The molecule has 0 amide bonds. The summed E-state index contributed by atoms with van der Waals surface area (Å²) in [6.45, 7) is 0. The van der Waals surface area contributed by atoms with Crippen molar-refractivity contribution < 1.29 is 10.2 Å². The Labute approximate surface area is 115 Å². The van der Waals surface area contributed by atoms with Crippen molar-refractivity contribution in [3.8, 4) is 0 Å². The number of rotatable bonds is 0. The lowest BCUT2D eigenvalue weighted by Crippen LogP contribution is -2.48. The molecular formula is C17H26O2. The van der Waals surface area contributed by atoms with Crippen LogP contribution in [-0.4, -0.2) is 16.3 Å². The molecule has 6 unspecified atom stereocenters. The zero-order valence-corrected chi connectivity index (χ0v) is 11.7. The molecule has 0 bridgehead atoms. The molecule has 2 N–H and O–H groups in total. The number of fused-ring (bicyclic) bond motifs is 5. The second-order valence-electron chi connectivity index (χ2n) is 7.38. The maximum absolute atomic E-state index is 10.7. The van der Waals surface area contributed by atoms with E-state index in [2.05, 4.69) is 0 Å². The second kappa shape index (κ2) is 4.51. The van der Waals surface area contributed by atoms with Crippen LogP contribution < -0.4 is 0 Å². The standard InChI is InChI=1S/C17H26O2/c18-16-14-6-2-1-5-12(14)13-9-8-10-4-3-7-11(10)15(13)17(16)19/h10-13,15,17-19H,1-9H2. The van der Waals surface area contributed by atoms with Gasteiger partial charge in [0.25, 0.3) is 0 Å². The Morgan fingerprint density at radius 1 is 0.842 bits per heavy atom. The topological polar surface area (TPSA) is 40.5 Å². The van der Waals surface area contributed by atoms with Gasteiger partial charge in [-0.15, -0.1) is 0 Å². The average Bonchev–Trinajstić information content (AvgIpc) is 2.92. The van der Waals surface area contributed by atoms with Gasteiger partial charge in [0.2, 0.25) is 0 Å². The maximum Gasteiger partial charge on any atom is 0.121 e. The fourth-order valence-electron chi connectivity index (χ4n) is 5.99. The number of allylic oxidation sites excluding steroid dienone is 1.